The fraction of sp³-hybridized carbons (Fsp3) is 0.263. The highest BCUT2D eigenvalue weighted by atomic mass is 127. The predicted molar refractivity (Wildman–Crippen MR) is 120 cm³/mol. The molecule has 0 bridgehead atoms. The van der Waals surface area contributed by atoms with E-state index in [1.54, 1.807) is 20.2 Å². The number of aromatic nitrogens is 3. The Kier molecular flexibility index (Phi) is 8.18. The summed E-state index contributed by atoms with van der Waals surface area (Å²) in [6.45, 7) is 1.20. The predicted octanol–water partition coefficient (Wildman–Crippen LogP) is 1.61. The van der Waals surface area contributed by atoms with Crippen molar-refractivity contribution < 1.29 is 4.79 Å². The van der Waals surface area contributed by atoms with Crippen molar-refractivity contribution >= 4 is 41.5 Å². The molecule has 9 heteroatoms. The molecule has 0 aliphatic carbocycles. The number of rotatable bonds is 6. The quantitative estimate of drug-likeness (QED) is 0.276. The minimum atomic E-state index is -0.0807. The van der Waals surface area contributed by atoms with Gasteiger partial charge in [0.2, 0.25) is 0 Å². The monoisotopic (exact) mass is 493 g/mol. The second-order valence-electron chi connectivity index (χ2n) is 5.93. The molecule has 1 amide bonds. The zero-order chi connectivity index (χ0) is 19.1. The summed E-state index contributed by atoms with van der Waals surface area (Å²) in [7, 11) is 3.36. The fourth-order valence-corrected chi connectivity index (χ4v) is 2.73. The molecule has 0 spiro atoms. The van der Waals surface area contributed by atoms with Crippen LogP contribution >= 0.6 is 24.0 Å². The molecule has 2 heterocycles. The molecule has 148 valence electrons. The van der Waals surface area contributed by atoms with E-state index < -0.39 is 0 Å². The number of benzene rings is 1. The van der Waals surface area contributed by atoms with E-state index in [2.05, 4.69) is 31.1 Å². The molecule has 0 unspecified atom stereocenters. The highest BCUT2D eigenvalue weighted by molar-refractivity contribution is 14.0. The molecule has 3 aromatic rings. The van der Waals surface area contributed by atoms with Gasteiger partial charge in [-0.3, -0.25) is 14.2 Å². The van der Waals surface area contributed by atoms with Crippen molar-refractivity contribution in [1.82, 2.24) is 30.5 Å². The number of nitrogens with one attached hydrogen (secondary N) is 3. The van der Waals surface area contributed by atoms with Gasteiger partial charge in [-0.2, -0.15) is 0 Å². The first-order valence-corrected chi connectivity index (χ1v) is 8.75. The fourth-order valence-electron chi connectivity index (χ4n) is 2.73. The number of aliphatic imine (C=N–C) groups is 1. The highest BCUT2D eigenvalue weighted by Crippen LogP contribution is 2.06. The van der Waals surface area contributed by atoms with Crippen LogP contribution in [0.1, 0.15) is 21.7 Å². The lowest BCUT2D eigenvalue weighted by atomic mass is 10.1. The van der Waals surface area contributed by atoms with E-state index in [-0.39, 0.29) is 29.9 Å². The Hall–Kier alpha value is -2.69. The maximum Gasteiger partial charge on any atom is 0.251 e. The normalized spacial score (nSPS) is 11.0. The van der Waals surface area contributed by atoms with Crippen LogP contribution in [0.25, 0.3) is 5.65 Å². The van der Waals surface area contributed by atoms with Gasteiger partial charge >= 0.3 is 0 Å². The first kappa shape index (κ1) is 21.6. The van der Waals surface area contributed by atoms with Crippen molar-refractivity contribution in [3.63, 3.8) is 0 Å². The standard InChI is InChI=1S/C19H23N7O.HI/c1-20-18(27)15-7-5-6-14(12-15)9-10-22-19(21-2)23-13-17-25-24-16-8-3-4-11-26(16)17;/h3-8,11-12H,9-10,13H2,1-2H3,(H,20,27)(H2,21,22,23);1H. The van der Waals surface area contributed by atoms with Gasteiger partial charge in [-0.15, -0.1) is 34.2 Å². The summed E-state index contributed by atoms with van der Waals surface area (Å²) in [6.07, 6.45) is 2.71. The van der Waals surface area contributed by atoms with E-state index in [9.17, 15) is 4.79 Å². The van der Waals surface area contributed by atoms with Crippen LogP contribution in [-0.2, 0) is 13.0 Å². The number of amides is 1. The summed E-state index contributed by atoms with van der Waals surface area (Å²) >= 11 is 0. The smallest absolute Gasteiger partial charge is 0.251 e. The SMILES string of the molecule is CN=C(NCCc1cccc(C(=O)NC)c1)NCc1nnc2ccccn12.I. The van der Waals surface area contributed by atoms with Crippen LogP contribution in [0, 0.1) is 0 Å². The van der Waals surface area contributed by atoms with Gasteiger partial charge < -0.3 is 16.0 Å². The Morgan fingerprint density at radius 2 is 2.00 bits per heavy atom. The second-order valence-corrected chi connectivity index (χ2v) is 5.93. The Labute approximate surface area is 180 Å². The third-order valence-electron chi connectivity index (χ3n) is 4.14. The zero-order valence-electron chi connectivity index (χ0n) is 15.8. The second kappa shape index (κ2) is 10.6. The molecular formula is C19H24IN7O. The largest absolute Gasteiger partial charge is 0.356 e. The van der Waals surface area contributed by atoms with Crippen LogP contribution in [0.3, 0.4) is 0 Å². The Morgan fingerprint density at radius 3 is 2.79 bits per heavy atom. The number of hydrogen-bond acceptors (Lipinski definition) is 4. The lowest BCUT2D eigenvalue weighted by Crippen LogP contribution is -2.38. The average molecular weight is 493 g/mol. The average Bonchev–Trinajstić information content (AvgIpc) is 3.13. The molecule has 0 aliphatic rings. The zero-order valence-corrected chi connectivity index (χ0v) is 18.2. The van der Waals surface area contributed by atoms with Gasteiger partial charge in [0.1, 0.15) is 0 Å². The maximum atomic E-state index is 11.7. The number of guanidine groups is 1. The van der Waals surface area contributed by atoms with E-state index >= 15 is 0 Å². The number of hydrogen-bond donors (Lipinski definition) is 3. The molecule has 1 aromatic carbocycles. The molecule has 0 saturated heterocycles. The van der Waals surface area contributed by atoms with E-state index in [1.807, 2.05) is 47.0 Å². The number of carbonyl (C=O) groups is 1. The molecule has 8 nitrogen and oxygen atoms in total. The van der Waals surface area contributed by atoms with Crippen molar-refractivity contribution in [3.05, 3.63) is 65.6 Å². The van der Waals surface area contributed by atoms with Gasteiger partial charge in [-0.1, -0.05) is 18.2 Å². The third-order valence-corrected chi connectivity index (χ3v) is 4.14. The number of fused-ring (bicyclic) bond motifs is 1. The summed E-state index contributed by atoms with van der Waals surface area (Å²) in [5.74, 6) is 1.42. The van der Waals surface area contributed by atoms with Crippen LogP contribution in [-0.4, -0.2) is 47.1 Å². The van der Waals surface area contributed by atoms with Gasteiger partial charge in [0.15, 0.2) is 17.4 Å². The van der Waals surface area contributed by atoms with Crippen molar-refractivity contribution in [3.8, 4) is 0 Å². The molecule has 0 fully saturated rings. The number of nitrogens with zero attached hydrogens (tertiary/aromatic N) is 4. The molecule has 2 aromatic heterocycles. The van der Waals surface area contributed by atoms with Crippen LogP contribution in [0.15, 0.2) is 53.7 Å². The summed E-state index contributed by atoms with van der Waals surface area (Å²) in [5, 5.41) is 17.5. The molecule has 0 atom stereocenters. The van der Waals surface area contributed by atoms with E-state index in [0.717, 1.165) is 23.5 Å². The minimum Gasteiger partial charge on any atom is -0.356 e. The Bertz CT molecular complexity index is 954. The van der Waals surface area contributed by atoms with Crippen molar-refractivity contribution in [2.24, 2.45) is 4.99 Å². The van der Waals surface area contributed by atoms with Gasteiger partial charge in [-0.25, -0.2) is 0 Å². The maximum absolute atomic E-state index is 11.7. The molecule has 3 N–H and O–H groups in total. The Morgan fingerprint density at radius 1 is 1.14 bits per heavy atom. The van der Waals surface area contributed by atoms with Gasteiger partial charge in [0.05, 0.1) is 6.54 Å². The lowest BCUT2D eigenvalue weighted by Gasteiger charge is -2.11. The van der Waals surface area contributed by atoms with Crippen LogP contribution in [0.4, 0.5) is 0 Å². The topological polar surface area (TPSA) is 95.7 Å². The van der Waals surface area contributed by atoms with Gasteiger partial charge in [-0.05, 0) is 36.2 Å². The first-order chi connectivity index (χ1) is 13.2. The van der Waals surface area contributed by atoms with Crippen molar-refractivity contribution in [2.75, 3.05) is 20.6 Å². The molecule has 3 rings (SSSR count). The summed E-state index contributed by atoms with van der Waals surface area (Å²) in [6, 6.07) is 13.4. The summed E-state index contributed by atoms with van der Waals surface area (Å²) in [5.41, 5.74) is 2.56. The lowest BCUT2D eigenvalue weighted by molar-refractivity contribution is 0.0963. The van der Waals surface area contributed by atoms with Crippen LogP contribution in [0.5, 0.6) is 0 Å². The molecule has 0 saturated carbocycles. The van der Waals surface area contributed by atoms with E-state index in [1.165, 1.54) is 0 Å². The van der Waals surface area contributed by atoms with Crippen molar-refractivity contribution in [2.45, 2.75) is 13.0 Å². The molecule has 0 radical (unpaired) electrons. The summed E-state index contributed by atoms with van der Waals surface area (Å²) < 4.78 is 1.94. The molecule has 28 heavy (non-hydrogen) atoms. The molecular weight excluding hydrogens is 469 g/mol. The highest BCUT2D eigenvalue weighted by Gasteiger charge is 2.06. The Balaban J connectivity index is 0.00000280. The minimum absolute atomic E-state index is 0. The third kappa shape index (κ3) is 5.41. The van der Waals surface area contributed by atoms with E-state index in [0.29, 0.717) is 24.6 Å². The van der Waals surface area contributed by atoms with Crippen molar-refractivity contribution in [1.29, 1.82) is 0 Å². The van der Waals surface area contributed by atoms with Gasteiger partial charge in [0.25, 0.3) is 5.91 Å². The van der Waals surface area contributed by atoms with Gasteiger partial charge in [0, 0.05) is 32.4 Å². The van der Waals surface area contributed by atoms with Crippen LogP contribution in [0.2, 0.25) is 0 Å². The van der Waals surface area contributed by atoms with E-state index in [4.69, 9.17) is 0 Å². The molecule has 0 aliphatic heterocycles. The first-order valence-electron chi connectivity index (χ1n) is 8.75. The number of pyridine rings is 1. The summed E-state index contributed by atoms with van der Waals surface area (Å²) in [4.78, 5) is 15.9. The van der Waals surface area contributed by atoms with Crippen LogP contribution < -0.4 is 16.0 Å². The number of carbonyl (C=O) groups excluding carboxylic acids is 1. The number of halogens is 1.